The fourth-order valence-corrected chi connectivity index (χ4v) is 2.08. The Bertz CT molecular complexity index is 629. The molecule has 0 bridgehead atoms. The lowest BCUT2D eigenvalue weighted by Crippen LogP contribution is -2.37. The van der Waals surface area contributed by atoms with Crippen molar-refractivity contribution in [1.82, 2.24) is 5.32 Å². The number of hydrogen-bond donors (Lipinski definition) is 2. The van der Waals surface area contributed by atoms with Crippen LogP contribution in [0.3, 0.4) is 0 Å². The van der Waals surface area contributed by atoms with Crippen LogP contribution in [0.2, 0.25) is 0 Å². The van der Waals surface area contributed by atoms with E-state index >= 15 is 0 Å². The summed E-state index contributed by atoms with van der Waals surface area (Å²) in [7, 11) is 0. The van der Waals surface area contributed by atoms with Gasteiger partial charge < -0.3 is 15.8 Å². The fourth-order valence-electron chi connectivity index (χ4n) is 2.08. The summed E-state index contributed by atoms with van der Waals surface area (Å²) in [6.07, 6.45) is 0.338. The van der Waals surface area contributed by atoms with E-state index in [1.165, 1.54) is 0 Å². The van der Waals surface area contributed by atoms with Crippen LogP contribution in [-0.2, 0) is 27.3 Å². The molecule has 0 fully saturated rings. The van der Waals surface area contributed by atoms with Crippen LogP contribution in [0.5, 0.6) is 0 Å². The second-order valence-corrected chi connectivity index (χ2v) is 5.18. The Labute approximate surface area is 135 Å². The first kappa shape index (κ1) is 16.9. The van der Waals surface area contributed by atoms with Gasteiger partial charge in [0, 0.05) is 6.54 Å². The van der Waals surface area contributed by atoms with Gasteiger partial charge in [-0.2, -0.15) is 0 Å². The molecule has 2 aromatic carbocycles. The summed E-state index contributed by atoms with van der Waals surface area (Å²) in [6.45, 7) is 0.485. The number of rotatable bonds is 7. The maximum absolute atomic E-state index is 11.8. The molecule has 2 aromatic rings. The van der Waals surface area contributed by atoms with Gasteiger partial charge in [0.1, 0.15) is 6.04 Å². The minimum atomic E-state index is -0.851. The Kier molecular flexibility index (Phi) is 6.47. The van der Waals surface area contributed by atoms with E-state index in [-0.39, 0.29) is 6.54 Å². The molecule has 0 heterocycles. The van der Waals surface area contributed by atoms with Crippen LogP contribution in [0, 0.1) is 0 Å². The van der Waals surface area contributed by atoms with Crippen molar-refractivity contribution in [3.63, 3.8) is 0 Å². The van der Waals surface area contributed by atoms with E-state index in [1.54, 1.807) is 0 Å². The van der Waals surface area contributed by atoms with Crippen molar-refractivity contribution in [3.05, 3.63) is 71.8 Å². The highest BCUT2D eigenvalue weighted by atomic mass is 16.6. The van der Waals surface area contributed by atoms with E-state index in [1.807, 2.05) is 60.7 Å². The average molecular weight is 312 g/mol. The molecular weight excluding hydrogens is 292 g/mol. The minimum Gasteiger partial charge on any atom is -0.391 e. The van der Waals surface area contributed by atoms with Crippen molar-refractivity contribution in [1.29, 1.82) is 0 Å². The number of nitrogens with one attached hydrogen (secondary N) is 1. The van der Waals surface area contributed by atoms with E-state index in [0.29, 0.717) is 13.0 Å². The Morgan fingerprint density at radius 3 is 2.13 bits per heavy atom. The number of carbonyl (C=O) groups is 2. The third-order valence-corrected chi connectivity index (χ3v) is 3.26. The van der Waals surface area contributed by atoms with Gasteiger partial charge in [0.15, 0.2) is 0 Å². The Balaban J connectivity index is 1.70. The Morgan fingerprint density at radius 1 is 0.957 bits per heavy atom. The number of carbonyl (C=O) groups excluding carboxylic acids is 2. The number of benzene rings is 2. The molecule has 0 saturated carbocycles. The first-order valence-electron chi connectivity index (χ1n) is 7.44. The molecule has 2 rings (SSSR count). The molecule has 0 unspecified atom stereocenters. The normalized spacial score (nSPS) is 11.7. The summed E-state index contributed by atoms with van der Waals surface area (Å²) in [5, 5.41) is 2.93. The number of hydrogen-bond acceptors (Lipinski definition) is 5. The van der Waals surface area contributed by atoms with Gasteiger partial charge in [0.25, 0.3) is 0 Å². The quantitative estimate of drug-likeness (QED) is 0.597. The molecule has 0 radical (unpaired) electrons. The molecule has 0 aromatic heterocycles. The second kappa shape index (κ2) is 8.82. The van der Waals surface area contributed by atoms with Crippen LogP contribution >= 0.6 is 0 Å². The second-order valence-electron chi connectivity index (χ2n) is 5.18. The summed E-state index contributed by atoms with van der Waals surface area (Å²) < 4.78 is 4.76. The van der Waals surface area contributed by atoms with Crippen molar-refractivity contribution < 1.29 is 14.3 Å². The zero-order valence-electron chi connectivity index (χ0n) is 12.8. The SMILES string of the molecule is N[C@@H](Cc1ccccc1)C(=O)OC(=O)CNCc1ccccc1. The average Bonchev–Trinajstić information content (AvgIpc) is 2.56. The standard InChI is InChI=1S/C18H20N2O3/c19-16(11-14-7-3-1-4-8-14)18(22)23-17(21)13-20-12-15-9-5-2-6-10-15/h1-10,16,20H,11-13,19H2/t16-/m0/s1. The molecule has 120 valence electrons. The topological polar surface area (TPSA) is 81.4 Å². The van der Waals surface area contributed by atoms with Crippen molar-refractivity contribution in [2.75, 3.05) is 6.54 Å². The Hall–Kier alpha value is -2.50. The van der Waals surface area contributed by atoms with Crippen LogP contribution in [0.15, 0.2) is 60.7 Å². The van der Waals surface area contributed by atoms with Gasteiger partial charge in [-0.05, 0) is 17.5 Å². The van der Waals surface area contributed by atoms with Crippen molar-refractivity contribution in [2.45, 2.75) is 19.0 Å². The molecule has 1 atom stereocenters. The zero-order chi connectivity index (χ0) is 16.5. The fraction of sp³-hybridized carbons (Fsp3) is 0.222. The molecular formula is C18H20N2O3. The van der Waals surface area contributed by atoms with Crippen molar-refractivity contribution in [2.24, 2.45) is 5.73 Å². The van der Waals surface area contributed by atoms with Gasteiger partial charge in [0.05, 0.1) is 6.54 Å². The third-order valence-electron chi connectivity index (χ3n) is 3.26. The van der Waals surface area contributed by atoms with Crippen LogP contribution in [-0.4, -0.2) is 24.5 Å². The molecule has 5 heteroatoms. The molecule has 0 amide bonds. The highest BCUT2D eigenvalue weighted by Crippen LogP contribution is 2.03. The van der Waals surface area contributed by atoms with Gasteiger partial charge in [-0.3, -0.25) is 4.79 Å². The third kappa shape index (κ3) is 6.02. The van der Waals surface area contributed by atoms with E-state index in [9.17, 15) is 9.59 Å². The van der Waals surface area contributed by atoms with Gasteiger partial charge in [0.2, 0.25) is 0 Å². The first-order chi connectivity index (χ1) is 11.1. The summed E-state index contributed by atoms with van der Waals surface area (Å²) in [6, 6.07) is 18.2. The molecule has 0 aliphatic rings. The number of ether oxygens (including phenoxy) is 1. The lowest BCUT2D eigenvalue weighted by Gasteiger charge is -2.11. The largest absolute Gasteiger partial charge is 0.391 e. The molecule has 0 aliphatic heterocycles. The maximum atomic E-state index is 11.8. The van der Waals surface area contributed by atoms with Crippen LogP contribution in [0.4, 0.5) is 0 Å². The van der Waals surface area contributed by atoms with E-state index in [0.717, 1.165) is 11.1 Å². The summed E-state index contributed by atoms with van der Waals surface area (Å²) in [5.41, 5.74) is 7.74. The summed E-state index contributed by atoms with van der Waals surface area (Å²) in [4.78, 5) is 23.4. The number of nitrogens with two attached hydrogens (primary N) is 1. The monoisotopic (exact) mass is 312 g/mol. The van der Waals surface area contributed by atoms with Gasteiger partial charge in [-0.1, -0.05) is 60.7 Å². The molecule has 3 N–H and O–H groups in total. The highest BCUT2D eigenvalue weighted by Gasteiger charge is 2.19. The van der Waals surface area contributed by atoms with Crippen molar-refractivity contribution in [3.8, 4) is 0 Å². The maximum Gasteiger partial charge on any atom is 0.330 e. The van der Waals surface area contributed by atoms with Crippen LogP contribution in [0.1, 0.15) is 11.1 Å². The lowest BCUT2D eigenvalue weighted by molar-refractivity contribution is -0.159. The molecule has 0 saturated heterocycles. The van der Waals surface area contributed by atoms with E-state index < -0.39 is 18.0 Å². The van der Waals surface area contributed by atoms with E-state index in [2.05, 4.69) is 5.32 Å². The molecule has 0 spiro atoms. The summed E-state index contributed by atoms with van der Waals surface area (Å²) in [5.74, 6) is -1.34. The van der Waals surface area contributed by atoms with Gasteiger partial charge in [-0.25, -0.2) is 4.79 Å². The summed E-state index contributed by atoms with van der Waals surface area (Å²) >= 11 is 0. The van der Waals surface area contributed by atoms with Gasteiger partial charge in [-0.15, -0.1) is 0 Å². The number of esters is 2. The van der Waals surface area contributed by atoms with Crippen molar-refractivity contribution >= 4 is 11.9 Å². The highest BCUT2D eigenvalue weighted by molar-refractivity contribution is 5.89. The van der Waals surface area contributed by atoms with Crippen LogP contribution < -0.4 is 11.1 Å². The van der Waals surface area contributed by atoms with Crippen LogP contribution in [0.25, 0.3) is 0 Å². The van der Waals surface area contributed by atoms with Gasteiger partial charge >= 0.3 is 11.9 Å². The predicted octanol–water partition coefficient (Wildman–Crippen LogP) is 1.42. The predicted molar refractivity (Wildman–Crippen MR) is 87.4 cm³/mol. The Morgan fingerprint density at radius 2 is 1.52 bits per heavy atom. The minimum absolute atomic E-state index is 0.0430. The smallest absolute Gasteiger partial charge is 0.330 e. The molecule has 23 heavy (non-hydrogen) atoms. The lowest BCUT2D eigenvalue weighted by atomic mass is 10.1. The molecule has 5 nitrogen and oxygen atoms in total. The zero-order valence-corrected chi connectivity index (χ0v) is 12.8. The molecule has 0 aliphatic carbocycles. The van der Waals surface area contributed by atoms with E-state index in [4.69, 9.17) is 10.5 Å². The first-order valence-corrected chi connectivity index (χ1v) is 7.44.